The molecule has 0 fully saturated rings. The molecule has 0 atom stereocenters. The Bertz CT molecular complexity index is 606. The van der Waals surface area contributed by atoms with Crippen molar-refractivity contribution in [2.45, 2.75) is 0 Å². The minimum Gasteiger partial charge on any atom is -0.423 e. The first-order chi connectivity index (χ1) is 9.13. The van der Waals surface area contributed by atoms with Crippen molar-refractivity contribution in [2.75, 3.05) is 5.73 Å². The molecule has 0 aliphatic rings. The quantitative estimate of drug-likeness (QED) is 0.403. The van der Waals surface area contributed by atoms with Gasteiger partial charge in [0.2, 0.25) is 0 Å². The van der Waals surface area contributed by atoms with Gasteiger partial charge in [-0.15, -0.1) is 0 Å². The van der Waals surface area contributed by atoms with Gasteiger partial charge in [-0.2, -0.15) is 0 Å². The first-order valence-corrected chi connectivity index (χ1v) is 6.02. The molecule has 19 heavy (non-hydrogen) atoms. The van der Waals surface area contributed by atoms with Gasteiger partial charge in [0.1, 0.15) is 5.75 Å². The predicted molar refractivity (Wildman–Crippen MR) is 77.0 cm³/mol. The molecule has 0 unspecified atom stereocenters. The molecule has 3 nitrogen and oxygen atoms in total. The summed E-state index contributed by atoms with van der Waals surface area (Å²) in [6, 6.07) is 13.8. The van der Waals surface area contributed by atoms with Crippen LogP contribution in [0.2, 0.25) is 5.02 Å². The van der Waals surface area contributed by atoms with E-state index >= 15 is 0 Å². The van der Waals surface area contributed by atoms with E-state index in [0.717, 1.165) is 5.56 Å². The Balaban J connectivity index is 1.99. The van der Waals surface area contributed by atoms with Crippen molar-refractivity contribution >= 4 is 29.3 Å². The largest absolute Gasteiger partial charge is 0.423 e. The number of nitrogens with two attached hydrogens (primary N) is 1. The lowest BCUT2D eigenvalue weighted by molar-refractivity contribution is -0.128. The van der Waals surface area contributed by atoms with E-state index in [1.54, 1.807) is 42.5 Å². The molecule has 2 aromatic rings. The number of hydrogen-bond acceptors (Lipinski definition) is 3. The highest BCUT2D eigenvalue weighted by Crippen LogP contribution is 2.14. The van der Waals surface area contributed by atoms with Crippen LogP contribution < -0.4 is 10.5 Å². The molecule has 0 aromatic heterocycles. The third kappa shape index (κ3) is 4.16. The molecule has 0 heterocycles. The highest BCUT2D eigenvalue weighted by Gasteiger charge is 2.00. The molecule has 0 saturated carbocycles. The van der Waals surface area contributed by atoms with Crippen molar-refractivity contribution in [3.05, 3.63) is 65.2 Å². The van der Waals surface area contributed by atoms with Crippen molar-refractivity contribution in [3.63, 3.8) is 0 Å². The zero-order valence-corrected chi connectivity index (χ0v) is 10.8. The van der Waals surface area contributed by atoms with E-state index in [1.807, 2.05) is 12.1 Å². The fourth-order valence-corrected chi connectivity index (χ4v) is 1.66. The number of nitrogen functional groups attached to an aromatic ring is 1. The smallest absolute Gasteiger partial charge is 0.336 e. The van der Waals surface area contributed by atoms with Crippen LogP contribution in [0.3, 0.4) is 0 Å². The Morgan fingerprint density at radius 3 is 2.58 bits per heavy atom. The van der Waals surface area contributed by atoms with Gasteiger partial charge in [-0.3, -0.25) is 0 Å². The fraction of sp³-hybridized carbons (Fsp3) is 0. The Morgan fingerprint density at radius 2 is 1.89 bits per heavy atom. The van der Waals surface area contributed by atoms with Crippen LogP contribution in [0.25, 0.3) is 6.08 Å². The molecule has 0 bridgehead atoms. The minimum atomic E-state index is -0.454. The first kappa shape index (κ1) is 13.2. The average molecular weight is 274 g/mol. The van der Waals surface area contributed by atoms with E-state index in [2.05, 4.69) is 0 Å². The van der Waals surface area contributed by atoms with Crippen molar-refractivity contribution in [1.82, 2.24) is 0 Å². The number of anilines is 1. The highest BCUT2D eigenvalue weighted by molar-refractivity contribution is 6.30. The first-order valence-electron chi connectivity index (χ1n) is 5.64. The number of benzene rings is 2. The van der Waals surface area contributed by atoms with Crippen molar-refractivity contribution in [3.8, 4) is 5.75 Å². The number of esters is 1. The van der Waals surface area contributed by atoms with Crippen LogP contribution in [0.4, 0.5) is 5.69 Å². The molecule has 0 aliphatic heterocycles. The van der Waals surface area contributed by atoms with Gasteiger partial charge >= 0.3 is 5.97 Å². The van der Waals surface area contributed by atoms with E-state index in [1.165, 1.54) is 6.08 Å². The topological polar surface area (TPSA) is 52.3 Å². The number of ether oxygens (including phenoxy) is 1. The SMILES string of the molecule is Nc1ccc(OC(=O)/C=C/c2cccc(Cl)c2)cc1. The maximum atomic E-state index is 11.6. The van der Waals surface area contributed by atoms with Gasteiger partial charge in [0.25, 0.3) is 0 Å². The lowest BCUT2D eigenvalue weighted by atomic mass is 10.2. The van der Waals surface area contributed by atoms with Gasteiger partial charge in [0.15, 0.2) is 0 Å². The Hall–Kier alpha value is -2.26. The highest BCUT2D eigenvalue weighted by atomic mass is 35.5. The van der Waals surface area contributed by atoms with E-state index in [9.17, 15) is 4.79 Å². The lowest BCUT2D eigenvalue weighted by Crippen LogP contribution is -2.03. The number of carbonyl (C=O) groups is 1. The van der Waals surface area contributed by atoms with Gasteiger partial charge in [-0.25, -0.2) is 4.79 Å². The molecule has 0 radical (unpaired) electrons. The second kappa shape index (κ2) is 6.07. The summed E-state index contributed by atoms with van der Waals surface area (Å²) in [5.74, 6) is -0.000286. The third-order valence-corrected chi connectivity index (χ3v) is 2.59. The van der Waals surface area contributed by atoms with Crippen LogP contribution in [0.5, 0.6) is 5.75 Å². The number of hydrogen-bond donors (Lipinski definition) is 1. The van der Waals surface area contributed by atoms with Crippen LogP contribution in [0, 0.1) is 0 Å². The molecule has 2 aromatic carbocycles. The summed E-state index contributed by atoms with van der Waals surface area (Å²) in [6.07, 6.45) is 2.99. The summed E-state index contributed by atoms with van der Waals surface area (Å²) >= 11 is 5.84. The Labute approximate surface area is 116 Å². The van der Waals surface area contributed by atoms with E-state index in [-0.39, 0.29) is 0 Å². The summed E-state index contributed by atoms with van der Waals surface area (Å²) in [7, 11) is 0. The monoisotopic (exact) mass is 273 g/mol. The Kier molecular flexibility index (Phi) is 4.21. The van der Waals surface area contributed by atoms with Gasteiger partial charge in [0.05, 0.1) is 0 Å². The second-order valence-corrected chi connectivity index (χ2v) is 4.31. The van der Waals surface area contributed by atoms with Gasteiger partial charge in [-0.05, 0) is 48.0 Å². The third-order valence-electron chi connectivity index (χ3n) is 2.36. The van der Waals surface area contributed by atoms with E-state index in [4.69, 9.17) is 22.1 Å². The second-order valence-electron chi connectivity index (χ2n) is 3.88. The van der Waals surface area contributed by atoms with E-state index < -0.39 is 5.97 Å². The molecule has 0 spiro atoms. The minimum absolute atomic E-state index is 0.454. The number of carbonyl (C=O) groups excluding carboxylic acids is 1. The summed E-state index contributed by atoms with van der Waals surface area (Å²) in [5.41, 5.74) is 6.99. The van der Waals surface area contributed by atoms with Crippen LogP contribution in [-0.2, 0) is 4.79 Å². The molecule has 0 saturated heterocycles. The number of rotatable bonds is 3. The normalized spacial score (nSPS) is 10.6. The maximum absolute atomic E-state index is 11.6. The van der Waals surface area contributed by atoms with Crippen LogP contribution in [0.15, 0.2) is 54.6 Å². The zero-order chi connectivity index (χ0) is 13.7. The predicted octanol–water partition coefficient (Wildman–Crippen LogP) is 3.54. The van der Waals surface area contributed by atoms with Gasteiger partial charge in [0, 0.05) is 16.8 Å². The number of halogens is 1. The maximum Gasteiger partial charge on any atom is 0.336 e. The summed E-state index contributed by atoms with van der Waals surface area (Å²) < 4.78 is 5.11. The fourth-order valence-electron chi connectivity index (χ4n) is 1.46. The van der Waals surface area contributed by atoms with Crippen LogP contribution in [-0.4, -0.2) is 5.97 Å². The lowest BCUT2D eigenvalue weighted by Gasteiger charge is -2.01. The van der Waals surface area contributed by atoms with Crippen LogP contribution >= 0.6 is 11.6 Å². The molecule has 4 heteroatoms. The molecule has 2 rings (SSSR count). The molecule has 0 amide bonds. The molecular weight excluding hydrogens is 262 g/mol. The molecule has 96 valence electrons. The summed E-state index contributed by atoms with van der Waals surface area (Å²) in [6.45, 7) is 0. The molecule has 2 N–H and O–H groups in total. The average Bonchev–Trinajstić information content (AvgIpc) is 2.39. The van der Waals surface area contributed by atoms with E-state index in [0.29, 0.717) is 16.5 Å². The molecule has 0 aliphatic carbocycles. The standard InChI is InChI=1S/C15H12ClNO2/c16-12-3-1-2-11(10-12)4-9-15(18)19-14-7-5-13(17)6-8-14/h1-10H,17H2/b9-4+. The Morgan fingerprint density at radius 1 is 1.16 bits per heavy atom. The van der Waals surface area contributed by atoms with Gasteiger partial charge < -0.3 is 10.5 Å². The molecular formula is C15H12ClNO2. The van der Waals surface area contributed by atoms with Crippen molar-refractivity contribution in [1.29, 1.82) is 0 Å². The van der Waals surface area contributed by atoms with Crippen LogP contribution in [0.1, 0.15) is 5.56 Å². The zero-order valence-electron chi connectivity index (χ0n) is 10.0. The van der Waals surface area contributed by atoms with Gasteiger partial charge in [-0.1, -0.05) is 23.7 Å². The van der Waals surface area contributed by atoms with Crippen molar-refractivity contribution < 1.29 is 9.53 Å². The van der Waals surface area contributed by atoms with Crippen molar-refractivity contribution in [2.24, 2.45) is 0 Å². The summed E-state index contributed by atoms with van der Waals surface area (Å²) in [5, 5.41) is 0.619. The summed E-state index contributed by atoms with van der Waals surface area (Å²) in [4.78, 5) is 11.6.